The lowest BCUT2D eigenvalue weighted by Gasteiger charge is -2.61. The second-order valence-corrected chi connectivity index (χ2v) is 9.02. The van der Waals surface area contributed by atoms with Crippen molar-refractivity contribution in [3.05, 3.63) is 18.0 Å². The fraction of sp³-hybridized carbons (Fsp3) is 0.722. The summed E-state index contributed by atoms with van der Waals surface area (Å²) in [6.07, 6.45) is 0.140. The number of alkyl halides is 3. The van der Waals surface area contributed by atoms with Gasteiger partial charge in [0, 0.05) is 50.8 Å². The Kier molecular flexibility index (Phi) is 3.59. The molecule has 4 fully saturated rings. The highest BCUT2D eigenvalue weighted by Crippen LogP contribution is 2.52. The van der Waals surface area contributed by atoms with E-state index in [0.29, 0.717) is 45.1 Å². The van der Waals surface area contributed by atoms with E-state index in [4.69, 9.17) is 0 Å². The molecule has 3 aliphatic heterocycles. The molecular weight excluding hydrogens is 375 g/mol. The number of halogens is 3. The smallest absolute Gasteiger partial charge is 0.347 e. The molecule has 0 aromatic carbocycles. The van der Waals surface area contributed by atoms with Gasteiger partial charge in [-0.15, -0.1) is 0 Å². The predicted molar refractivity (Wildman–Crippen MR) is 91.0 cm³/mol. The van der Waals surface area contributed by atoms with Gasteiger partial charge in [0.15, 0.2) is 5.69 Å². The molecule has 1 aromatic rings. The van der Waals surface area contributed by atoms with Crippen LogP contribution in [0.2, 0.25) is 0 Å². The molecule has 1 aromatic heterocycles. The zero-order valence-corrected chi connectivity index (χ0v) is 15.3. The van der Waals surface area contributed by atoms with Crippen LogP contribution in [-0.2, 0) is 17.5 Å². The molecule has 1 saturated carbocycles. The number of urea groups is 1. The number of nitrogens with zero attached hydrogens (tertiary/aromatic N) is 4. The minimum Gasteiger partial charge on any atom is -0.347 e. The molecular formula is C18H22F3N5O2. The van der Waals surface area contributed by atoms with Crippen molar-refractivity contribution in [2.75, 3.05) is 26.2 Å². The molecule has 7 nitrogen and oxygen atoms in total. The van der Waals surface area contributed by atoms with Gasteiger partial charge < -0.3 is 15.1 Å². The number of aromatic nitrogens is 2. The zero-order valence-electron chi connectivity index (χ0n) is 15.3. The molecule has 0 unspecified atom stereocenters. The van der Waals surface area contributed by atoms with Crippen molar-refractivity contribution in [2.45, 2.75) is 43.9 Å². The van der Waals surface area contributed by atoms with E-state index >= 15 is 0 Å². The summed E-state index contributed by atoms with van der Waals surface area (Å²) in [5.41, 5.74) is -0.923. The number of hydrogen-bond acceptors (Lipinski definition) is 3. The molecule has 4 aliphatic rings. The first-order valence-electron chi connectivity index (χ1n) is 9.61. The Labute approximate surface area is 159 Å². The Morgan fingerprint density at radius 2 is 1.89 bits per heavy atom. The summed E-state index contributed by atoms with van der Waals surface area (Å²) < 4.78 is 39.2. The molecule has 1 aliphatic carbocycles. The molecule has 3 saturated heterocycles. The van der Waals surface area contributed by atoms with Gasteiger partial charge in [-0.2, -0.15) is 18.3 Å². The molecule has 28 heavy (non-hydrogen) atoms. The number of likely N-dealkylation sites (tertiary alicyclic amines) is 2. The molecule has 2 spiro atoms. The Hall–Kier alpha value is -2.26. The summed E-state index contributed by atoms with van der Waals surface area (Å²) in [5, 5.41) is 6.59. The first-order valence-corrected chi connectivity index (χ1v) is 9.61. The van der Waals surface area contributed by atoms with Crippen LogP contribution in [0, 0.1) is 11.3 Å². The molecule has 10 heteroatoms. The van der Waals surface area contributed by atoms with Crippen molar-refractivity contribution in [1.29, 1.82) is 0 Å². The summed E-state index contributed by atoms with van der Waals surface area (Å²) >= 11 is 0. The maximum atomic E-state index is 12.6. The first-order chi connectivity index (χ1) is 13.2. The minimum absolute atomic E-state index is 0.0303. The summed E-state index contributed by atoms with van der Waals surface area (Å²) in [6, 6.07) is 1.04. The van der Waals surface area contributed by atoms with E-state index in [1.807, 2.05) is 4.90 Å². The number of rotatable bonds is 2. The maximum absolute atomic E-state index is 12.6. The summed E-state index contributed by atoms with van der Waals surface area (Å²) in [5.74, 6) is 0.370. The van der Waals surface area contributed by atoms with Crippen LogP contribution in [0.25, 0.3) is 0 Å². The quantitative estimate of drug-likeness (QED) is 0.826. The normalized spacial score (nSPS) is 25.5. The largest absolute Gasteiger partial charge is 0.435 e. The van der Waals surface area contributed by atoms with Crippen LogP contribution in [0.1, 0.15) is 31.4 Å². The zero-order chi connectivity index (χ0) is 19.7. The number of nitrogens with one attached hydrogen (secondary N) is 1. The SMILES string of the molecule is O=C1CCC2(CN(C(=O)N3CC4(CC(Cn5ccc(C(F)(F)F)n5)C4)C3)C2)N1. The molecule has 3 amide bonds. The fourth-order valence-electron chi connectivity index (χ4n) is 5.36. The van der Waals surface area contributed by atoms with E-state index in [9.17, 15) is 22.8 Å². The fourth-order valence-corrected chi connectivity index (χ4v) is 5.36. The predicted octanol–water partition coefficient (Wildman–Crippen LogP) is 1.70. The molecule has 0 bridgehead atoms. The van der Waals surface area contributed by atoms with Gasteiger partial charge in [-0.05, 0) is 31.2 Å². The highest BCUT2D eigenvalue weighted by atomic mass is 19.4. The van der Waals surface area contributed by atoms with Gasteiger partial charge in [0.05, 0.1) is 5.54 Å². The molecule has 4 heterocycles. The Morgan fingerprint density at radius 3 is 2.46 bits per heavy atom. The third-order valence-corrected chi connectivity index (χ3v) is 6.64. The molecule has 0 radical (unpaired) electrons. The highest BCUT2D eigenvalue weighted by molar-refractivity contribution is 5.82. The molecule has 5 rings (SSSR count). The van der Waals surface area contributed by atoms with Gasteiger partial charge in [-0.25, -0.2) is 4.79 Å². The second kappa shape index (κ2) is 5.64. The van der Waals surface area contributed by atoms with Crippen molar-refractivity contribution >= 4 is 11.9 Å². The van der Waals surface area contributed by atoms with E-state index in [1.165, 1.54) is 10.9 Å². The summed E-state index contributed by atoms with van der Waals surface area (Å²) in [4.78, 5) is 27.6. The van der Waals surface area contributed by atoms with Gasteiger partial charge in [-0.1, -0.05) is 0 Å². The van der Waals surface area contributed by atoms with E-state index < -0.39 is 11.9 Å². The maximum Gasteiger partial charge on any atom is 0.435 e. The first kappa shape index (κ1) is 17.8. The van der Waals surface area contributed by atoms with Crippen molar-refractivity contribution in [1.82, 2.24) is 24.9 Å². The summed E-state index contributed by atoms with van der Waals surface area (Å²) in [7, 11) is 0. The van der Waals surface area contributed by atoms with E-state index in [-0.39, 0.29) is 22.9 Å². The molecule has 0 atom stereocenters. The Balaban J connectivity index is 1.07. The van der Waals surface area contributed by atoms with Gasteiger partial charge >= 0.3 is 12.2 Å². The van der Waals surface area contributed by atoms with Crippen LogP contribution < -0.4 is 5.32 Å². The van der Waals surface area contributed by atoms with Crippen molar-refractivity contribution in [3.63, 3.8) is 0 Å². The Bertz CT molecular complexity index is 815. The van der Waals surface area contributed by atoms with Crippen LogP contribution >= 0.6 is 0 Å². The van der Waals surface area contributed by atoms with E-state index in [2.05, 4.69) is 10.4 Å². The standard InChI is InChI=1S/C18H22F3N5O2/c19-18(20,21)13-2-4-26(23-13)7-12-5-16(6-12)8-24(9-16)15(28)25-10-17(11-25)3-1-14(27)22-17/h2,4,12H,1,3,5-11H2,(H,22,27). The van der Waals surface area contributed by atoms with E-state index in [1.54, 1.807) is 4.90 Å². The lowest BCUT2D eigenvalue weighted by Crippen LogP contribution is -2.73. The van der Waals surface area contributed by atoms with Gasteiger partial charge in [0.25, 0.3) is 0 Å². The van der Waals surface area contributed by atoms with Crippen LogP contribution in [0.15, 0.2) is 12.3 Å². The number of hydrogen-bond donors (Lipinski definition) is 1. The average Bonchev–Trinajstić information content (AvgIpc) is 3.12. The lowest BCUT2D eigenvalue weighted by atomic mass is 9.58. The number of amides is 3. The van der Waals surface area contributed by atoms with Crippen LogP contribution in [0.3, 0.4) is 0 Å². The second-order valence-electron chi connectivity index (χ2n) is 9.02. The number of carbonyl (C=O) groups excluding carboxylic acids is 2. The van der Waals surface area contributed by atoms with Gasteiger partial charge in [0.2, 0.25) is 5.91 Å². The highest BCUT2D eigenvalue weighted by Gasteiger charge is 2.56. The van der Waals surface area contributed by atoms with Crippen LogP contribution in [-0.4, -0.2) is 63.2 Å². The minimum atomic E-state index is -4.41. The third kappa shape index (κ3) is 2.84. The van der Waals surface area contributed by atoms with Crippen molar-refractivity contribution in [3.8, 4) is 0 Å². The molecule has 152 valence electrons. The third-order valence-electron chi connectivity index (χ3n) is 6.64. The monoisotopic (exact) mass is 397 g/mol. The lowest BCUT2D eigenvalue weighted by molar-refractivity contribution is -0.141. The summed E-state index contributed by atoms with van der Waals surface area (Å²) in [6.45, 7) is 3.09. The average molecular weight is 397 g/mol. The Morgan fingerprint density at radius 1 is 1.21 bits per heavy atom. The van der Waals surface area contributed by atoms with E-state index in [0.717, 1.165) is 25.3 Å². The van der Waals surface area contributed by atoms with Gasteiger partial charge in [0.1, 0.15) is 0 Å². The van der Waals surface area contributed by atoms with Crippen LogP contribution in [0.5, 0.6) is 0 Å². The molecule has 1 N–H and O–H groups in total. The number of carbonyl (C=O) groups is 2. The van der Waals surface area contributed by atoms with Crippen LogP contribution in [0.4, 0.5) is 18.0 Å². The topological polar surface area (TPSA) is 70.5 Å². The van der Waals surface area contributed by atoms with Gasteiger partial charge in [-0.3, -0.25) is 9.48 Å². The van der Waals surface area contributed by atoms with Crippen molar-refractivity contribution in [2.24, 2.45) is 11.3 Å². The van der Waals surface area contributed by atoms with Crippen molar-refractivity contribution < 1.29 is 22.8 Å².